The lowest BCUT2D eigenvalue weighted by Crippen LogP contribution is -2.47. The summed E-state index contributed by atoms with van der Waals surface area (Å²) in [6.07, 6.45) is 0.314. The highest BCUT2D eigenvalue weighted by Crippen LogP contribution is 2.29. The molecule has 20 heavy (non-hydrogen) atoms. The van der Waals surface area contributed by atoms with Gasteiger partial charge in [0.2, 0.25) is 12.3 Å². The van der Waals surface area contributed by atoms with Crippen molar-refractivity contribution in [2.45, 2.75) is 19.0 Å². The summed E-state index contributed by atoms with van der Waals surface area (Å²) in [5.74, 6) is -0.944. The van der Waals surface area contributed by atoms with E-state index in [1.54, 1.807) is 18.2 Å². The van der Waals surface area contributed by atoms with Gasteiger partial charge in [0, 0.05) is 30.0 Å². The van der Waals surface area contributed by atoms with Gasteiger partial charge in [0.05, 0.1) is 0 Å². The second-order valence-corrected chi connectivity index (χ2v) is 4.46. The molecule has 7 heteroatoms. The van der Waals surface area contributed by atoms with Gasteiger partial charge in [0.1, 0.15) is 6.04 Å². The maximum Gasteiger partial charge on any atom is 0.255 e. The van der Waals surface area contributed by atoms with E-state index in [9.17, 15) is 14.4 Å². The molecule has 106 valence electrons. The molecule has 1 aromatic carbocycles. The number of aliphatic hydroxyl groups excluding tert-OH is 1. The van der Waals surface area contributed by atoms with Crippen LogP contribution in [0.1, 0.15) is 22.3 Å². The topological polar surface area (TPSA) is 113 Å². The number of benzene rings is 1. The number of nitrogens with two attached hydrogens (primary N) is 1. The fourth-order valence-corrected chi connectivity index (χ4v) is 2.34. The van der Waals surface area contributed by atoms with Crippen LogP contribution in [0, 0.1) is 0 Å². The zero-order chi connectivity index (χ0) is 14.7. The van der Waals surface area contributed by atoms with Gasteiger partial charge in [0.25, 0.3) is 5.91 Å². The molecule has 1 unspecified atom stereocenters. The molecule has 3 amide bonds. The highest BCUT2D eigenvalue weighted by molar-refractivity contribution is 6.03. The van der Waals surface area contributed by atoms with Crippen LogP contribution in [0.25, 0.3) is 0 Å². The Morgan fingerprint density at radius 2 is 2.30 bits per heavy atom. The summed E-state index contributed by atoms with van der Waals surface area (Å²) in [6, 6.07) is 4.09. The van der Waals surface area contributed by atoms with Crippen molar-refractivity contribution < 1.29 is 19.5 Å². The second-order valence-electron chi connectivity index (χ2n) is 4.46. The standard InChI is InChI=1S/C13H15N3O4/c14-10-3-1-2-8-9(10)6-16(13(8)20)11(4-5-17)12(19)15-7-18/h1-3,7,11,17H,4-6,14H2,(H,15,18,19). The summed E-state index contributed by atoms with van der Waals surface area (Å²) in [6.45, 7) is -0.0790. The van der Waals surface area contributed by atoms with Gasteiger partial charge in [-0.05, 0) is 18.6 Å². The number of rotatable bonds is 5. The number of imide groups is 1. The van der Waals surface area contributed by atoms with E-state index in [1.807, 2.05) is 5.32 Å². The van der Waals surface area contributed by atoms with Gasteiger partial charge in [-0.3, -0.25) is 19.7 Å². The van der Waals surface area contributed by atoms with Gasteiger partial charge < -0.3 is 15.7 Å². The van der Waals surface area contributed by atoms with Crippen molar-refractivity contribution in [2.24, 2.45) is 0 Å². The van der Waals surface area contributed by atoms with Crippen molar-refractivity contribution in [1.29, 1.82) is 0 Å². The van der Waals surface area contributed by atoms with Crippen LogP contribution in [-0.4, -0.2) is 40.9 Å². The molecule has 1 atom stereocenters. The Kier molecular flexibility index (Phi) is 3.99. The predicted molar refractivity (Wildman–Crippen MR) is 70.4 cm³/mol. The van der Waals surface area contributed by atoms with Crippen molar-refractivity contribution >= 4 is 23.9 Å². The van der Waals surface area contributed by atoms with Gasteiger partial charge >= 0.3 is 0 Å². The summed E-state index contributed by atoms with van der Waals surface area (Å²) in [7, 11) is 0. The van der Waals surface area contributed by atoms with Crippen LogP contribution in [0.2, 0.25) is 0 Å². The lowest BCUT2D eigenvalue weighted by atomic mass is 10.1. The number of hydrogen-bond donors (Lipinski definition) is 3. The fraction of sp³-hybridized carbons (Fsp3) is 0.308. The average Bonchev–Trinajstić information content (AvgIpc) is 2.75. The predicted octanol–water partition coefficient (Wildman–Crippen LogP) is -0.752. The minimum Gasteiger partial charge on any atom is -0.398 e. The summed E-state index contributed by atoms with van der Waals surface area (Å²) >= 11 is 0. The third-order valence-electron chi connectivity index (χ3n) is 3.31. The quantitative estimate of drug-likeness (QED) is 0.484. The molecule has 7 nitrogen and oxygen atoms in total. The first kappa shape index (κ1) is 14.0. The average molecular weight is 277 g/mol. The highest BCUT2D eigenvalue weighted by atomic mass is 16.3. The molecule has 0 spiro atoms. The second kappa shape index (κ2) is 5.70. The Morgan fingerprint density at radius 3 is 2.90 bits per heavy atom. The largest absolute Gasteiger partial charge is 0.398 e. The number of hydrogen-bond acceptors (Lipinski definition) is 5. The number of amides is 3. The zero-order valence-corrected chi connectivity index (χ0v) is 10.7. The van der Waals surface area contributed by atoms with E-state index in [2.05, 4.69) is 0 Å². The Labute approximate surface area is 115 Å². The minimum atomic E-state index is -0.899. The first-order chi connectivity index (χ1) is 9.60. The number of nitrogens with zero attached hydrogens (tertiary/aromatic N) is 1. The maximum atomic E-state index is 12.3. The summed E-state index contributed by atoms with van der Waals surface area (Å²) < 4.78 is 0. The normalized spacial score (nSPS) is 14.8. The van der Waals surface area contributed by atoms with Gasteiger partial charge in [-0.1, -0.05) is 6.07 Å². The third kappa shape index (κ3) is 2.35. The van der Waals surface area contributed by atoms with E-state index in [0.717, 1.165) is 0 Å². The number of fused-ring (bicyclic) bond motifs is 1. The van der Waals surface area contributed by atoms with Crippen molar-refractivity contribution in [3.8, 4) is 0 Å². The summed E-state index contributed by atoms with van der Waals surface area (Å²) in [5, 5.41) is 11.1. The Balaban J connectivity index is 2.29. The van der Waals surface area contributed by atoms with Crippen LogP contribution < -0.4 is 11.1 Å². The van der Waals surface area contributed by atoms with E-state index in [1.165, 1.54) is 4.90 Å². The van der Waals surface area contributed by atoms with Crippen molar-refractivity contribution in [1.82, 2.24) is 10.2 Å². The van der Waals surface area contributed by atoms with Gasteiger partial charge in [-0.25, -0.2) is 0 Å². The Morgan fingerprint density at radius 1 is 1.55 bits per heavy atom. The first-order valence-electron chi connectivity index (χ1n) is 6.13. The molecule has 1 aliphatic rings. The molecule has 0 saturated heterocycles. The van der Waals surface area contributed by atoms with Crippen LogP contribution in [-0.2, 0) is 16.1 Å². The van der Waals surface area contributed by atoms with Crippen LogP contribution in [0.15, 0.2) is 18.2 Å². The smallest absolute Gasteiger partial charge is 0.255 e. The lowest BCUT2D eigenvalue weighted by molar-refractivity contribution is -0.129. The molecule has 0 aromatic heterocycles. The van der Waals surface area contributed by atoms with Crippen LogP contribution in [0.3, 0.4) is 0 Å². The zero-order valence-electron chi connectivity index (χ0n) is 10.7. The molecule has 0 fully saturated rings. The van der Waals surface area contributed by atoms with Crippen LogP contribution in [0.4, 0.5) is 5.69 Å². The minimum absolute atomic E-state index is 0.0549. The molecule has 1 heterocycles. The molecule has 0 saturated carbocycles. The molecule has 1 aromatic rings. The molecule has 0 bridgehead atoms. The number of nitrogens with one attached hydrogen (secondary N) is 1. The first-order valence-corrected chi connectivity index (χ1v) is 6.13. The maximum absolute atomic E-state index is 12.3. The van der Waals surface area contributed by atoms with Crippen LogP contribution in [0.5, 0.6) is 0 Å². The molecule has 1 aliphatic heterocycles. The molecule has 2 rings (SSSR count). The van der Waals surface area contributed by atoms with Gasteiger partial charge in [0.15, 0.2) is 0 Å². The third-order valence-corrected chi connectivity index (χ3v) is 3.31. The lowest BCUT2D eigenvalue weighted by Gasteiger charge is -2.25. The van der Waals surface area contributed by atoms with Crippen molar-refractivity contribution in [3.05, 3.63) is 29.3 Å². The molecule has 4 N–H and O–H groups in total. The van der Waals surface area contributed by atoms with E-state index in [4.69, 9.17) is 10.8 Å². The fourth-order valence-electron chi connectivity index (χ4n) is 2.34. The molecular formula is C13H15N3O4. The van der Waals surface area contributed by atoms with E-state index < -0.39 is 11.9 Å². The van der Waals surface area contributed by atoms with Crippen molar-refractivity contribution in [3.63, 3.8) is 0 Å². The van der Waals surface area contributed by atoms with E-state index in [-0.39, 0.29) is 31.9 Å². The number of carbonyl (C=O) groups is 3. The monoisotopic (exact) mass is 277 g/mol. The Bertz CT molecular complexity index is 559. The number of carbonyl (C=O) groups excluding carboxylic acids is 3. The highest BCUT2D eigenvalue weighted by Gasteiger charge is 2.36. The number of aliphatic hydroxyl groups is 1. The summed E-state index contributed by atoms with van der Waals surface area (Å²) in [5.41, 5.74) is 7.42. The molecule has 0 aliphatic carbocycles. The molecular weight excluding hydrogens is 262 g/mol. The SMILES string of the molecule is Nc1cccc2c1CN(C(CCO)C(=O)NC=O)C2=O. The van der Waals surface area contributed by atoms with Gasteiger partial charge in [-0.2, -0.15) is 0 Å². The number of anilines is 1. The Hall–Kier alpha value is -2.41. The number of nitrogen functional groups attached to an aromatic ring is 1. The summed E-state index contributed by atoms with van der Waals surface area (Å²) in [4.78, 5) is 35.8. The van der Waals surface area contributed by atoms with Gasteiger partial charge in [-0.15, -0.1) is 0 Å². The van der Waals surface area contributed by atoms with Crippen LogP contribution >= 0.6 is 0 Å². The molecule has 0 radical (unpaired) electrons. The van der Waals surface area contributed by atoms with E-state index in [0.29, 0.717) is 16.8 Å². The van der Waals surface area contributed by atoms with E-state index >= 15 is 0 Å². The van der Waals surface area contributed by atoms with Crippen molar-refractivity contribution in [2.75, 3.05) is 12.3 Å².